The predicted octanol–water partition coefficient (Wildman–Crippen LogP) is -0.0434. The van der Waals surface area contributed by atoms with Gasteiger partial charge in [0.15, 0.2) is 0 Å². The van der Waals surface area contributed by atoms with Gasteiger partial charge in [-0.25, -0.2) is 0 Å². The van der Waals surface area contributed by atoms with Gasteiger partial charge in [-0.3, -0.25) is 4.79 Å². The molecule has 0 aromatic rings. The van der Waals surface area contributed by atoms with E-state index in [0.29, 0.717) is 0 Å². The minimum Gasteiger partial charge on any atom is -0.309 e. The highest BCUT2D eigenvalue weighted by atomic mass is 16.1. The standard InChI is InChI=1S/C4H8NO/c1-4(6)3-5-2/h3,5H,1-2H3. The van der Waals surface area contributed by atoms with Crippen molar-refractivity contribution < 1.29 is 4.79 Å². The lowest BCUT2D eigenvalue weighted by atomic mass is 10.5. The normalized spacial score (nSPS) is 8.33. The van der Waals surface area contributed by atoms with E-state index in [1.807, 2.05) is 0 Å². The molecular weight excluding hydrogens is 78.0 g/mol. The highest BCUT2D eigenvalue weighted by Crippen LogP contribution is 1.65. The van der Waals surface area contributed by atoms with Crippen LogP contribution in [0, 0.1) is 6.54 Å². The summed E-state index contributed by atoms with van der Waals surface area (Å²) < 4.78 is 0. The smallest absolute Gasteiger partial charge is 0.148 e. The van der Waals surface area contributed by atoms with E-state index in [1.165, 1.54) is 13.5 Å². The first-order valence-electron chi connectivity index (χ1n) is 1.78. The lowest BCUT2D eigenvalue weighted by Gasteiger charge is -1.83. The second kappa shape index (κ2) is 2.85. The molecule has 1 N–H and O–H groups in total. The van der Waals surface area contributed by atoms with E-state index in [0.717, 1.165) is 0 Å². The van der Waals surface area contributed by atoms with E-state index in [1.54, 1.807) is 7.05 Å². The van der Waals surface area contributed by atoms with Crippen LogP contribution in [0.2, 0.25) is 0 Å². The highest BCUT2D eigenvalue weighted by Gasteiger charge is 1.83. The van der Waals surface area contributed by atoms with Crippen molar-refractivity contribution in [3.63, 3.8) is 0 Å². The Bertz CT molecular complexity index is 51.5. The number of hydrogen-bond donors (Lipinski definition) is 1. The first-order valence-corrected chi connectivity index (χ1v) is 1.78. The zero-order valence-electron chi connectivity index (χ0n) is 3.99. The summed E-state index contributed by atoms with van der Waals surface area (Å²) in [4.78, 5) is 9.93. The van der Waals surface area contributed by atoms with Crippen LogP contribution in [-0.2, 0) is 4.79 Å². The fraction of sp³-hybridized carbons (Fsp3) is 0.500. The Kier molecular flexibility index (Phi) is 2.67. The van der Waals surface area contributed by atoms with Crippen LogP contribution in [0.4, 0.5) is 0 Å². The summed E-state index contributed by atoms with van der Waals surface area (Å²) in [6.45, 7) is 2.90. The molecule has 0 aromatic carbocycles. The molecule has 0 unspecified atom stereocenters. The third-order valence-corrected chi connectivity index (χ3v) is 0.348. The third kappa shape index (κ3) is 3.63. The van der Waals surface area contributed by atoms with Gasteiger partial charge in [0.05, 0.1) is 6.54 Å². The molecule has 6 heavy (non-hydrogen) atoms. The predicted molar refractivity (Wildman–Crippen MR) is 24.0 cm³/mol. The Labute approximate surface area is 37.5 Å². The summed E-state index contributed by atoms with van der Waals surface area (Å²) in [5.41, 5.74) is 0. The molecule has 0 rings (SSSR count). The van der Waals surface area contributed by atoms with E-state index in [2.05, 4.69) is 5.32 Å². The summed E-state index contributed by atoms with van der Waals surface area (Å²) >= 11 is 0. The molecular formula is C4H8NO. The lowest BCUT2D eigenvalue weighted by Crippen LogP contribution is -2.07. The van der Waals surface area contributed by atoms with Crippen molar-refractivity contribution in [1.82, 2.24) is 5.32 Å². The molecule has 0 aliphatic heterocycles. The third-order valence-electron chi connectivity index (χ3n) is 0.348. The van der Waals surface area contributed by atoms with Gasteiger partial charge in [-0.05, 0) is 14.0 Å². The lowest BCUT2D eigenvalue weighted by molar-refractivity contribution is -0.114. The fourth-order valence-electron chi connectivity index (χ4n) is 0.203. The Hall–Kier alpha value is -0.370. The summed E-state index contributed by atoms with van der Waals surface area (Å²) in [6.07, 6.45) is 0. The average molecular weight is 86.1 g/mol. The summed E-state index contributed by atoms with van der Waals surface area (Å²) in [5, 5.41) is 2.59. The summed E-state index contributed by atoms with van der Waals surface area (Å²) in [5.74, 6) is 0.0532. The Morgan fingerprint density at radius 1 is 1.83 bits per heavy atom. The number of Topliss-reactive ketones (excluding diaryl/α,β-unsaturated/α-hetero) is 1. The summed E-state index contributed by atoms with van der Waals surface area (Å²) in [7, 11) is 1.70. The molecule has 0 fully saturated rings. The monoisotopic (exact) mass is 86.1 g/mol. The van der Waals surface area contributed by atoms with Crippen LogP contribution in [0.1, 0.15) is 6.92 Å². The minimum atomic E-state index is 0.0532. The van der Waals surface area contributed by atoms with Gasteiger partial charge in [0.25, 0.3) is 0 Å². The van der Waals surface area contributed by atoms with Crippen LogP contribution in [0.15, 0.2) is 0 Å². The van der Waals surface area contributed by atoms with Crippen molar-refractivity contribution in [3.05, 3.63) is 6.54 Å². The molecule has 0 aliphatic carbocycles. The highest BCUT2D eigenvalue weighted by molar-refractivity contribution is 5.83. The quantitative estimate of drug-likeness (QED) is 0.510. The molecule has 0 heterocycles. The van der Waals surface area contributed by atoms with Crippen molar-refractivity contribution in [3.8, 4) is 0 Å². The van der Waals surface area contributed by atoms with Gasteiger partial charge >= 0.3 is 0 Å². The van der Waals surface area contributed by atoms with Gasteiger partial charge in [-0.15, -0.1) is 0 Å². The van der Waals surface area contributed by atoms with Crippen LogP contribution in [0.3, 0.4) is 0 Å². The van der Waals surface area contributed by atoms with Gasteiger partial charge in [0, 0.05) is 0 Å². The van der Waals surface area contributed by atoms with Crippen molar-refractivity contribution >= 4 is 5.78 Å². The summed E-state index contributed by atoms with van der Waals surface area (Å²) in [6, 6.07) is 0. The van der Waals surface area contributed by atoms with Crippen molar-refractivity contribution in [2.24, 2.45) is 0 Å². The molecule has 2 heteroatoms. The van der Waals surface area contributed by atoms with Crippen molar-refractivity contribution in [2.75, 3.05) is 7.05 Å². The van der Waals surface area contributed by atoms with E-state index < -0.39 is 0 Å². The number of carbonyl (C=O) groups excluding carboxylic acids is 1. The first kappa shape index (κ1) is 5.63. The van der Waals surface area contributed by atoms with Gasteiger partial charge in [0.2, 0.25) is 0 Å². The second-order valence-corrected chi connectivity index (χ2v) is 1.04. The number of carbonyl (C=O) groups is 1. The second-order valence-electron chi connectivity index (χ2n) is 1.04. The molecule has 0 bridgehead atoms. The maximum absolute atomic E-state index is 9.93. The SMILES string of the molecule is CN[CH]C(C)=O. The minimum absolute atomic E-state index is 0.0532. The average Bonchev–Trinajstić information content (AvgIpc) is 1.35. The van der Waals surface area contributed by atoms with Crippen molar-refractivity contribution in [1.29, 1.82) is 0 Å². The number of hydrogen-bond acceptors (Lipinski definition) is 2. The van der Waals surface area contributed by atoms with Gasteiger partial charge in [0.1, 0.15) is 5.78 Å². The zero-order valence-corrected chi connectivity index (χ0v) is 3.99. The van der Waals surface area contributed by atoms with E-state index in [-0.39, 0.29) is 5.78 Å². The molecule has 0 saturated carbocycles. The first-order chi connectivity index (χ1) is 2.77. The molecule has 0 atom stereocenters. The van der Waals surface area contributed by atoms with Crippen LogP contribution < -0.4 is 5.32 Å². The molecule has 0 aromatic heterocycles. The van der Waals surface area contributed by atoms with E-state index >= 15 is 0 Å². The van der Waals surface area contributed by atoms with Gasteiger partial charge in [-0.1, -0.05) is 0 Å². The van der Waals surface area contributed by atoms with Crippen LogP contribution >= 0.6 is 0 Å². The Morgan fingerprint density at radius 3 is 2.33 bits per heavy atom. The van der Waals surface area contributed by atoms with Crippen molar-refractivity contribution in [2.45, 2.75) is 6.92 Å². The molecule has 0 spiro atoms. The van der Waals surface area contributed by atoms with Gasteiger partial charge < -0.3 is 5.32 Å². The fourth-order valence-corrected chi connectivity index (χ4v) is 0.203. The molecule has 0 amide bonds. The molecule has 35 valence electrons. The molecule has 0 aliphatic rings. The van der Waals surface area contributed by atoms with Crippen LogP contribution in [0.5, 0.6) is 0 Å². The number of rotatable bonds is 2. The number of likely N-dealkylation sites (N-methyl/N-ethyl adjacent to an activating group) is 1. The van der Waals surface area contributed by atoms with E-state index in [9.17, 15) is 4.79 Å². The van der Waals surface area contributed by atoms with Gasteiger partial charge in [-0.2, -0.15) is 0 Å². The van der Waals surface area contributed by atoms with Crippen LogP contribution in [-0.4, -0.2) is 12.8 Å². The Morgan fingerprint density at radius 2 is 2.33 bits per heavy atom. The maximum atomic E-state index is 9.93. The maximum Gasteiger partial charge on any atom is 0.148 e. The molecule has 2 nitrogen and oxygen atoms in total. The zero-order chi connectivity index (χ0) is 4.99. The number of ketones is 1. The molecule has 1 radical (unpaired) electrons. The topological polar surface area (TPSA) is 29.1 Å². The van der Waals surface area contributed by atoms with Crippen LogP contribution in [0.25, 0.3) is 0 Å². The van der Waals surface area contributed by atoms with E-state index in [4.69, 9.17) is 0 Å². The molecule has 0 saturated heterocycles. The Balaban J connectivity index is 2.83. The number of nitrogens with one attached hydrogen (secondary N) is 1. The largest absolute Gasteiger partial charge is 0.309 e.